The highest BCUT2D eigenvalue weighted by atomic mass is 16.3. The number of aromatic nitrogens is 7. The molecule has 1 aromatic carbocycles. The molecule has 0 unspecified atom stereocenters. The molecule has 0 bridgehead atoms. The Kier molecular flexibility index (Phi) is 4.97. The summed E-state index contributed by atoms with van der Waals surface area (Å²) in [5.74, 6) is 1.27. The van der Waals surface area contributed by atoms with E-state index < -0.39 is 0 Å². The van der Waals surface area contributed by atoms with Gasteiger partial charge in [-0.2, -0.15) is 5.10 Å². The molecule has 0 fully saturated rings. The first-order chi connectivity index (χ1) is 15.9. The molecule has 4 aromatic heterocycles. The Morgan fingerprint density at radius 2 is 2.00 bits per heavy atom. The molecule has 4 heterocycles. The van der Waals surface area contributed by atoms with Gasteiger partial charge in [0.25, 0.3) is 5.91 Å². The number of anilines is 1. The number of amides is 1. The molecule has 0 saturated carbocycles. The summed E-state index contributed by atoms with van der Waals surface area (Å²) in [5.41, 5.74) is 3.98. The van der Waals surface area contributed by atoms with Crippen LogP contribution in [-0.4, -0.2) is 40.9 Å². The van der Waals surface area contributed by atoms with E-state index in [1.165, 1.54) is 11.0 Å². The quantitative estimate of drug-likeness (QED) is 0.435. The topological polar surface area (TPSA) is 117 Å². The number of carbonyl (C=O) groups excluding carboxylic acids is 1. The third-order valence-corrected chi connectivity index (χ3v) is 5.33. The van der Waals surface area contributed by atoms with E-state index in [0.29, 0.717) is 28.0 Å². The SMILES string of the molecule is Cc1cc(-c2cc(C(=O)Nc3cccc(-n4cnnn4)c3)c3cnn(C(C)C)c3n2)c(C)o1. The van der Waals surface area contributed by atoms with Gasteiger partial charge in [0.05, 0.1) is 28.5 Å². The zero-order valence-corrected chi connectivity index (χ0v) is 18.6. The molecule has 1 amide bonds. The van der Waals surface area contributed by atoms with E-state index >= 15 is 0 Å². The van der Waals surface area contributed by atoms with Crippen LogP contribution in [0.4, 0.5) is 5.69 Å². The maximum absolute atomic E-state index is 13.4. The largest absolute Gasteiger partial charge is 0.466 e. The van der Waals surface area contributed by atoms with Crippen LogP contribution in [0.3, 0.4) is 0 Å². The summed E-state index contributed by atoms with van der Waals surface area (Å²) in [7, 11) is 0. The van der Waals surface area contributed by atoms with E-state index in [-0.39, 0.29) is 11.9 Å². The van der Waals surface area contributed by atoms with Gasteiger partial charge in [0.2, 0.25) is 0 Å². The average molecular weight is 442 g/mol. The maximum Gasteiger partial charge on any atom is 0.256 e. The molecule has 33 heavy (non-hydrogen) atoms. The van der Waals surface area contributed by atoms with Gasteiger partial charge in [0, 0.05) is 17.3 Å². The monoisotopic (exact) mass is 442 g/mol. The van der Waals surface area contributed by atoms with Crippen molar-refractivity contribution >= 4 is 22.6 Å². The molecule has 5 rings (SSSR count). The Morgan fingerprint density at radius 1 is 1.15 bits per heavy atom. The average Bonchev–Trinajstić information content (AvgIpc) is 3.52. The number of nitrogens with zero attached hydrogens (tertiary/aromatic N) is 7. The number of fused-ring (bicyclic) bond motifs is 1. The number of nitrogens with one attached hydrogen (secondary N) is 1. The van der Waals surface area contributed by atoms with Crippen molar-refractivity contribution in [1.29, 1.82) is 0 Å². The number of tetrazole rings is 1. The third kappa shape index (κ3) is 3.75. The number of hydrogen-bond donors (Lipinski definition) is 1. The van der Waals surface area contributed by atoms with Crippen molar-refractivity contribution in [2.24, 2.45) is 0 Å². The maximum atomic E-state index is 13.4. The third-order valence-electron chi connectivity index (χ3n) is 5.33. The standard InChI is InChI=1S/C23H22N8O2/c1-13(2)31-22-20(11-25-31)19(10-21(27-22)18-8-14(3)33-15(18)4)23(32)26-16-6-5-7-17(9-16)30-12-24-28-29-30/h5-13H,1-4H3,(H,26,32). The van der Waals surface area contributed by atoms with Crippen molar-refractivity contribution in [1.82, 2.24) is 35.0 Å². The molecule has 0 aliphatic heterocycles. The van der Waals surface area contributed by atoms with Crippen LogP contribution in [-0.2, 0) is 0 Å². The van der Waals surface area contributed by atoms with Gasteiger partial charge in [0.15, 0.2) is 5.65 Å². The number of benzene rings is 1. The summed E-state index contributed by atoms with van der Waals surface area (Å²) in [4.78, 5) is 18.3. The van der Waals surface area contributed by atoms with E-state index in [2.05, 4.69) is 25.9 Å². The normalized spacial score (nSPS) is 11.4. The molecule has 0 saturated heterocycles. The van der Waals surface area contributed by atoms with Crippen LogP contribution in [0.25, 0.3) is 28.0 Å². The lowest BCUT2D eigenvalue weighted by molar-refractivity contribution is 0.102. The predicted octanol–water partition coefficient (Wildman–Crippen LogP) is 4.12. The molecule has 166 valence electrons. The first-order valence-electron chi connectivity index (χ1n) is 10.5. The van der Waals surface area contributed by atoms with Crippen LogP contribution in [0.15, 0.2) is 53.3 Å². The number of aryl methyl sites for hydroxylation is 2. The summed E-state index contributed by atoms with van der Waals surface area (Å²) in [6.45, 7) is 7.83. The zero-order chi connectivity index (χ0) is 23.1. The van der Waals surface area contributed by atoms with E-state index in [1.54, 1.807) is 18.3 Å². The van der Waals surface area contributed by atoms with Crippen LogP contribution >= 0.6 is 0 Å². The van der Waals surface area contributed by atoms with Gasteiger partial charge < -0.3 is 9.73 Å². The minimum atomic E-state index is -0.265. The van der Waals surface area contributed by atoms with Crippen molar-refractivity contribution in [2.75, 3.05) is 5.32 Å². The van der Waals surface area contributed by atoms with Gasteiger partial charge >= 0.3 is 0 Å². The van der Waals surface area contributed by atoms with Crippen LogP contribution in [0.5, 0.6) is 0 Å². The van der Waals surface area contributed by atoms with Gasteiger partial charge in [-0.25, -0.2) is 14.3 Å². The van der Waals surface area contributed by atoms with Crippen LogP contribution < -0.4 is 5.32 Å². The fourth-order valence-corrected chi connectivity index (χ4v) is 3.81. The number of carbonyl (C=O) groups is 1. The summed E-state index contributed by atoms with van der Waals surface area (Å²) in [6, 6.07) is 11.1. The lowest BCUT2D eigenvalue weighted by Crippen LogP contribution is -2.14. The van der Waals surface area contributed by atoms with Gasteiger partial charge in [-0.15, -0.1) is 5.10 Å². The number of furan rings is 1. The number of rotatable bonds is 5. The lowest BCUT2D eigenvalue weighted by Gasteiger charge is -2.11. The van der Waals surface area contributed by atoms with Gasteiger partial charge in [-0.1, -0.05) is 6.07 Å². The molecule has 1 N–H and O–H groups in total. The molecule has 0 atom stereocenters. The number of pyridine rings is 1. The molecule has 0 radical (unpaired) electrons. The second-order valence-corrected chi connectivity index (χ2v) is 8.06. The molecule has 5 aromatic rings. The molecule has 10 nitrogen and oxygen atoms in total. The first kappa shape index (κ1) is 20.6. The summed E-state index contributed by atoms with van der Waals surface area (Å²) >= 11 is 0. The molecule has 0 spiro atoms. The second kappa shape index (κ2) is 7.97. The summed E-state index contributed by atoms with van der Waals surface area (Å²) in [6.07, 6.45) is 3.18. The molecule has 0 aliphatic carbocycles. The fourth-order valence-electron chi connectivity index (χ4n) is 3.81. The molecular formula is C23H22N8O2. The second-order valence-electron chi connectivity index (χ2n) is 8.06. The van der Waals surface area contributed by atoms with Crippen LogP contribution in [0.2, 0.25) is 0 Å². The van der Waals surface area contributed by atoms with Gasteiger partial charge in [-0.3, -0.25) is 4.79 Å². The van der Waals surface area contributed by atoms with Crippen LogP contribution in [0.1, 0.15) is 41.8 Å². The number of hydrogen-bond acceptors (Lipinski definition) is 7. The Bertz CT molecular complexity index is 1460. The minimum Gasteiger partial charge on any atom is -0.466 e. The lowest BCUT2D eigenvalue weighted by atomic mass is 10.1. The van der Waals surface area contributed by atoms with Crippen molar-refractivity contribution in [2.45, 2.75) is 33.7 Å². The summed E-state index contributed by atoms with van der Waals surface area (Å²) < 4.78 is 9.04. The minimum absolute atomic E-state index is 0.0846. The van der Waals surface area contributed by atoms with Crippen molar-refractivity contribution < 1.29 is 9.21 Å². The first-order valence-corrected chi connectivity index (χ1v) is 10.5. The Labute approximate surface area is 189 Å². The Morgan fingerprint density at radius 3 is 2.70 bits per heavy atom. The highest BCUT2D eigenvalue weighted by Crippen LogP contribution is 2.30. The van der Waals surface area contributed by atoms with Crippen molar-refractivity contribution in [3.8, 4) is 16.9 Å². The summed E-state index contributed by atoms with van der Waals surface area (Å²) in [5, 5.41) is 19.3. The fraction of sp³-hybridized carbons (Fsp3) is 0.217. The predicted molar refractivity (Wildman–Crippen MR) is 122 cm³/mol. The van der Waals surface area contributed by atoms with E-state index in [9.17, 15) is 4.79 Å². The van der Waals surface area contributed by atoms with Crippen molar-refractivity contribution in [3.05, 3.63) is 66.0 Å². The molecule has 10 heteroatoms. The van der Waals surface area contributed by atoms with Crippen molar-refractivity contribution in [3.63, 3.8) is 0 Å². The molecule has 0 aliphatic rings. The van der Waals surface area contributed by atoms with E-state index in [0.717, 1.165) is 22.8 Å². The van der Waals surface area contributed by atoms with Gasteiger partial charge in [0.1, 0.15) is 17.8 Å². The Balaban J connectivity index is 1.59. The Hall–Kier alpha value is -4.34. The smallest absolute Gasteiger partial charge is 0.256 e. The van der Waals surface area contributed by atoms with E-state index in [4.69, 9.17) is 9.40 Å². The molecular weight excluding hydrogens is 420 g/mol. The zero-order valence-electron chi connectivity index (χ0n) is 18.6. The highest BCUT2D eigenvalue weighted by molar-refractivity contribution is 6.12. The van der Waals surface area contributed by atoms with Gasteiger partial charge in [-0.05, 0) is 68.5 Å². The van der Waals surface area contributed by atoms with E-state index in [1.807, 2.05) is 56.6 Å². The highest BCUT2D eigenvalue weighted by Gasteiger charge is 2.20. The van der Waals surface area contributed by atoms with Crippen LogP contribution in [0, 0.1) is 13.8 Å².